The van der Waals surface area contributed by atoms with Gasteiger partial charge in [-0.05, 0) is 17.7 Å². The molecule has 0 aliphatic carbocycles. The van der Waals surface area contributed by atoms with Crippen LogP contribution in [0.3, 0.4) is 0 Å². The number of hydrogen-bond donors (Lipinski definition) is 1. The summed E-state index contributed by atoms with van der Waals surface area (Å²) in [6.07, 6.45) is 5.07. The maximum atomic E-state index is 13.0. The third kappa shape index (κ3) is 2.81. The summed E-state index contributed by atoms with van der Waals surface area (Å²) >= 11 is 0. The molecule has 3 heterocycles. The van der Waals surface area contributed by atoms with Gasteiger partial charge in [-0.3, -0.25) is 15.2 Å². The fourth-order valence-corrected chi connectivity index (χ4v) is 3.32. The van der Waals surface area contributed by atoms with Gasteiger partial charge in [0.1, 0.15) is 12.0 Å². The minimum atomic E-state index is -0.415. The highest BCUT2D eigenvalue weighted by Crippen LogP contribution is 2.39. The molecule has 1 N–H and O–H groups in total. The van der Waals surface area contributed by atoms with Crippen molar-refractivity contribution in [1.82, 2.24) is 24.5 Å². The molecule has 0 fully saturated rings. The minimum Gasteiger partial charge on any atom is -0.296 e. The molecule has 3 aromatic rings. The number of rotatable bonds is 3. The van der Waals surface area contributed by atoms with E-state index in [4.69, 9.17) is 4.99 Å². The van der Waals surface area contributed by atoms with E-state index in [9.17, 15) is 4.79 Å². The van der Waals surface area contributed by atoms with Gasteiger partial charge in [-0.15, -0.1) is 10.2 Å². The van der Waals surface area contributed by atoms with E-state index in [1.54, 1.807) is 6.20 Å². The Morgan fingerprint density at radius 1 is 1.18 bits per heavy atom. The summed E-state index contributed by atoms with van der Waals surface area (Å²) in [5.41, 5.74) is 5.64. The Labute approximate surface area is 162 Å². The van der Waals surface area contributed by atoms with Crippen LogP contribution < -0.4 is 11.0 Å². The molecule has 2 aromatic heterocycles. The molecule has 0 unspecified atom stereocenters. The third-order valence-electron chi connectivity index (χ3n) is 4.94. The number of aromatic nitrogens is 5. The SMILES string of the molecule is CC(C)(C)c1nn2cnnc2n(N/C=C/C2=Nc3ccccc3C2(C)C)c1=O. The van der Waals surface area contributed by atoms with E-state index in [1.807, 2.05) is 45.0 Å². The summed E-state index contributed by atoms with van der Waals surface area (Å²) in [4.78, 5) is 17.7. The summed E-state index contributed by atoms with van der Waals surface area (Å²) in [6.45, 7) is 10.1. The molecule has 0 bridgehead atoms. The molecular formula is C20H23N7O. The number of aliphatic imine (C=N–C) groups is 1. The summed E-state index contributed by atoms with van der Waals surface area (Å²) < 4.78 is 2.85. The molecule has 8 heteroatoms. The van der Waals surface area contributed by atoms with Crippen LogP contribution in [-0.4, -0.2) is 30.2 Å². The van der Waals surface area contributed by atoms with Crippen LogP contribution in [0.1, 0.15) is 45.9 Å². The molecule has 0 spiro atoms. The smallest absolute Gasteiger partial charge is 0.296 e. The van der Waals surface area contributed by atoms with E-state index in [0.717, 1.165) is 11.4 Å². The Balaban J connectivity index is 1.70. The van der Waals surface area contributed by atoms with Gasteiger partial charge in [0.05, 0.1) is 11.4 Å². The van der Waals surface area contributed by atoms with E-state index < -0.39 is 5.41 Å². The van der Waals surface area contributed by atoms with E-state index >= 15 is 0 Å². The monoisotopic (exact) mass is 377 g/mol. The first-order valence-electron chi connectivity index (χ1n) is 9.15. The molecule has 144 valence electrons. The predicted octanol–water partition coefficient (Wildman–Crippen LogP) is 2.70. The second-order valence-corrected chi connectivity index (χ2v) is 8.42. The van der Waals surface area contributed by atoms with Gasteiger partial charge in [-0.25, -0.2) is 0 Å². The highest BCUT2D eigenvalue weighted by Gasteiger charge is 2.33. The standard InChI is InChI=1S/C20H23N7O/c1-19(2,3)16-17(28)27(18-24-21-12-26(18)25-16)22-11-10-15-20(4,5)13-8-6-7-9-14(13)23-15/h6-12,22H,1-5H3/b11-10+. The molecule has 0 radical (unpaired) electrons. The van der Waals surface area contributed by atoms with Gasteiger partial charge in [-0.1, -0.05) is 52.8 Å². The molecule has 4 rings (SSSR count). The normalized spacial score (nSPS) is 15.8. The first kappa shape index (κ1) is 18.1. The van der Waals surface area contributed by atoms with Crippen LogP contribution in [0.15, 0.2) is 52.7 Å². The summed E-state index contributed by atoms with van der Waals surface area (Å²) in [5.74, 6) is 0.318. The van der Waals surface area contributed by atoms with Crippen LogP contribution in [-0.2, 0) is 10.8 Å². The van der Waals surface area contributed by atoms with Crippen LogP contribution in [0.5, 0.6) is 0 Å². The largest absolute Gasteiger partial charge is 0.296 e. The zero-order chi connectivity index (χ0) is 20.1. The van der Waals surface area contributed by atoms with Crippen molar-refractivity contribution < 1.29 is 0 Å². The topological polar surface area (TPSA) is 89.5 Å². The molecule has 1 aliphatic heterocycles. The number of fused-ring (bicyclic) bond motifs is 2. The lowest BCUT2D eigenvalue weighted by Crippen LogP contribution is -2.37. The molecule has 0 atom stereocenters. The maximum absolute atomic E-state index is 13.0. The van der Waals surface area contributed by atoms with Crippen LogP contribution in [0.2, 0.25) is 0 Å². The highest BCUT2D eigenvalue weighted by molar-refractivity contribution is 6.08. The van der Waals surface area contributed by atoms with Crippen LogP contribution >= 0.6 is 0 Å². The van der Waals surface area contributed by atoms with Crippen molar-refractivity contribution in [3.05, 3.63) is 64.5 Å². The lowest BCUT2D eigenvalue weighted by molar-refractivity contribution is 0.533. The average molecular weight is 377 g/mol. The van der Waals surface area contributed by atoms with Crippen molar-refractivity contribution in [2.75, 3.05) is 5.43 Å². The fraction of sp³-hybridized carbons (Fsp3) is 0.350. The third-order valence-corrected chi connectivity index (χ3v) is 4.94. The molecule has 1 aromatic carbocycles. The summed E-state index contributed by atoms with van der Waals surface area (Å²) in [7, 11) is 0. The van der Waals surface area contributed by atoms with Gasteiger partial charge in [0, 0.05) is 17.0 Å². The molecule has 8 nitrogen and oxygen atoms in total. The van der Waals surface area contributed by atoms with Crippen molar-refractivity contribution in [2.24, 2.45) is 4.99 Å². The number of nitrogens with zero attached hydrogens (tertiary/aromatic N) is 6. The molecular weight excluding hydrogens is 354 g/mol. The average Bonchev–Trinajstić information content (AvgIpc) is 3.18. The molecule has 1 aliphatic rings. The Kier molecular flexibility index (Phi) is 3.95. The van der Waals surface area contributed by atoms with E-state index in [-0.39, 0.29) is 11.0 Å². The summed E-state index contributed by atoms with van der Waals surface area (Å²) in [6, 6.07) is 8.10. The van der Waals surface area contributed by atoms with E-state index in [1.165, 1.54) is 21.1 Å². The molecule has 0 saturated heterocycles. The number of para-hydroxylation sites is 1. The van der Waals surface area contributed by atoms with Crippen molar-refractivity contribution in [3.63, 3.8) is 0 Å². The summed E-state index contributed by atoms with van der Waals surface area (Å²) in [5, 5.41) is 12.2. The van der Waals surface area contributed by atoms with Gasteiger partial charge in [0.2, 0.25) is 0 Å². The lowest BCUT2D eigenvalue weighted by Gasteiger charge is -2.20. The number of allylic oxidation sites excluding steroid dienone is 1. The maximum Gasteiger partial charge on any atom is 0.296 e. The van der Waals surface area contributed by atoms with Crippen LogP contribution in [0, 0.1) is 0 Å². The van der Waals surface area contributed by atoms with Gasteiger partial charge >= 0.3 is 0 Å². The first-order valence-corrected chi connectivity index (χ1v) is 9.15. The van der Waals surface area contributed by atoms with Crippen molar-refractivity contribution in [1.29, 1.82) is 0 Å². The van der Waals surface area contributed by atoms with Crippen molar-refractivity contribution in [2.45, 2.75) is 45.4 Å². The highest BCUT2D eigenvalue weighted by atomic mass is 16.1. The Morgan fingerprint density at radius 2 is 1.93 bits per heavy atom. The van der Waals surface area contributed by atoms with Gasteiger partial charge in [0.15, 0.2) is 0 Å². The Hall–Kier alpha value is -3.29. The Bertz CT molecular complexity index is 1180. The van der Waals surface area contributed by atoms with E-state index in [2.05, 4.69) is 40.6 Å². The molecule has 0 amide bonds. The lowest BCUT2D eigenvalue weighted by atomic mass is 9.81. The van der Waals surface area contributed by atoms with Crippen molar-refractivity contribution in [3.8, 4) is 0 Å². The molecule has 28 heavy (non-hydrogen) atoms. The van der Waals surface area contributed by atoms with Crippen LogP contribution in [0.4, 0.5) is 5.69 Å². The van der Waals surface area contributed by atoms with Crippen molar-refractivity contribution >= 4 is 17.2 Å². The predicted molar refractivity (Wildman–Crippen MR) is 109 cm³/mol. The zero-order valence-corrected chi connectivity index (χ0v) is 16.6. The number of hydrogen-bond acceptors (Lipinski definition) is 6. The fourth-order valence-electron chi connectivity index (χ4n) is 3.32. The number of benzene rings is 1. The Morgan fingerprint density at radius 3 is 2.64 bits per heavy atom. The second-order valence-electron chi connectivity index (χ2n) is 8.42. The van der Waals surface area contributed by atoms with Gasteiger partial charge in [0.25, 0.3) is 11.3 Å². The quantitative estimate of drug-likeness (QED) is 0.758. The van der Waals surface area contributed by atoms with Crippen LogP contribution in [0.25, 0.3) is 5.78 Å². The molecule has 0 saturated carbocycles. The zero-order valence-electron chi connectivity index (χ0n) is 16.6. The second kappa shape index (κ2) is 6.12. The van der Waals surface area contributed by atoms with Gasteiger partial charge < -0.3 is 0 Å². The number of nitrogens with one attached hydrogen (secondary N) is 1. The van der Waals surface area contributed by atoms with E-state index in [0.29, 0.717) is 11.5 Å². The minimum absolute atomic E-state index is 0.210. The first-order chi connectivity index (χ1) is 13.2. The van der Waals surface area contributed by atoms with Gasteiger partial charge in [-0.2, -0.15) is 14.3 Å².